The van der Waals surface area contributed by atoms with Crippen molar-refractivity contribution in [3.05, 3.63) is 58.9 Å². The maximum absolute atomic E-state index is 13.3. The number of piperidine rings is 1. The van der Waals surface area contributed by atoms with E-state index in [0.29, 0.717) is 22.1 Å². The van der Waals surface area contributed by atoms with Crippen LogP contribution in [-0.2, 0) is 9.59 Å². The van der Waals surface area contributed by atoms with Crippen LogP contribution in [0.1, 0.15) is 36.0 Å². The molecule has 1 saturated heterocycles. The van der Waals surface area contributed by atoms with E-state index in [4.69, 9.17) is 11.6 Å². The topological polar surface area (TPSA) is 90.9 Å². The second kappa shape index (κ2) is 10.4. The number of likely N-dealkylation sites (tertiary alicyclic amines) is 1. The van der Waals surface area contributed by atoms with Crippen LogP contribution in [0, 0.1) is 5.82 Å². The minimum atomic E-state index is -0.577. The first-order valence-corrected chi connectivity index (χ1v) is 11.9. The molecule has 1 atom stereocenters. The second-order valence-corrected chi connectivity index (χ2v) is 9.38. The number of carbonyl (C=O) groups is 3. The molecule has 0 aromatic heterocycles. The average molecular weight is 489 g/mol. The molecule has 10 heteroatoms. The fourth-order valence-electron chi connectivity index (χ4n) is 3.63. The largest absolute Gasteiger partial charge is 0.351 e. The molecule has 172 valence electrons. The van der Waals surface area contributed by atoms with Crippen LogP contribution in [0.15, 0.2) is 47.5 Å². The smallest absolute Gasteiger partial charge is 0.262 e. The Morgan fingerprint density at radius 2 is 1.85 bits per heavy atom. The Hall–Kier alpha value is -2.91. The first-order valence-electron chi connectivity index (χ1n) is 10.6. The summed E-state index contributed by atoms with van der Waals surface area (Å²) in [5.41, 5.74) is 1.08. The van der Waals surface area contributed by atoms with Crippen molar-refractivity contribution in [2.45, 2.75) is 30.9 Å². The lowest BCUT2D eigenvalue weighted by Gasteiger charge is -2.27. The molecule has 2 N–H and O–H groups in total. The van der Waals surface area contributed by atoms with Gasteiger partial charge in [0, 0.05) is 36.4 Å². The number of halogens is 2. The zero-order valence-corrected chi connectivity index (χ0v) is 19.2. The van der Waals surface area contributed by atoms with Crippen LogP contribution in [-0.4, -0.2) is 46.1 Å². The average Bonchev–Trinajstić information content (AvgIpc) is 3.17. The zero-order valence-electron chi connectivity index (χ0n) is 17.6. The molecule has 4 rings (SSSR count). The Morgan fingerprint density at radius 1 is 1.09 bits per heavy atom. The molecular weight excluding hydrogens is 467 g/mol. The second-order valence-electron chi connectivity index (χ2n) is 7.80. The maximum atomic E-state index is 13.3. The van der Waals surface area contributed by atoms with Gasteiger partial charge in [-0.25, -0.2) is 4.39 Å². The van der Waals surface area contributed by atoms with Gasteiger partial charge in [-0.1, -0.05) is 29.4 Å². The molecule has 33 heavy (non-hydrogen) atoms. The van der Waals surface area contributed by atoms with Crippen LogP contribution in [0.5, 0.6) is 0 Å². The Labute approximate surface area is 199 Å². The van der Waals surface area contributed by atoms with Crippen molar-refractivity contribution in [2.75, 3.05) is 23.7 Å². The molecule has 0 saturated carbocycles. The number of nitrogens with one attached hydrogen (secondary N) is 2. The van der Waals surface area contributed by atoms with Crippen molar-refractivity contribution in [3.63, 3.8) is 0 Å². The molecule has 3 amide bonds. The lowest BCUT2D eigenvalue weighted by Crippen LogP contribution is -2.33. The minimum absolute atomic E-state index is 0.00512. The lowest BCUT2D eigenvalue weighted by atomic mass is 10.1. The van der Waals surface area contributed by atoms with Crippen molar-refractivity contribution in [1.29, 1.82) is 0 Å². The van der Waals surface area contributed by atoms with Gasteiger partial charge in [0.15, 0.2) is 5.17 Å². The standard InChI is InChI=1S/C23H22ClFN4O3S/c24-17-12-16(7-8-18(17)25)27-21(31)14-5-4-6-15(11-14)26-20(30)13-19-22(32)28-23(33-19)29-9-2-1-3-10-29/h4-8,11-12,19H,1-3,9-10,13H2,(H,26,30)(H,27,31). The van der Waals surface area contributed by atoms with Crippen LogP contribution in [0.2, 0.25) is 5.02 Å². The molecule has 0 radical (unpaired) electrons. The molecule has 1 fully saturated rings. The van der Waals surface area contributed by atoms with E-state index >= 15 is 0 Å². The monoisotopic (exact) mass is 488 g/mol. The summed E-state index contributed by atoms with van der Waals surface area (Å²) in [5.74, 6) is -1.64. The molecule has 2 aromatic rings. The third-order valence-corrected chi connectivity index (χ3v) is 6.82. The highest BCUT2D eigenvalue weighted by molar-refractivity contribution is 8.15. The lowest BCUT2D eigenvalue weighted by molar-refractivity contribution is -0.121. The van der Waals surface area contributed by atoms with Crippen LogP contribution in [0.25, 0.3) is 0 Å². The van der Waals surface area contributed by atoms with Gasteiger partial charge >= 0.3 is 0 Å². The number of aliphatic imine (C=N–C) groups is 1. The third-order valence-electron chi connectivity index (χ3n) is 5.31. The molecule has 2 aromatic carbocycles. The normalized spacial score (nSPS) is 18.1. The molecular formula is C23H22ClFN4O3S. The number of nitrogens with zero attached hydrogens (tertiary/aromatic N) is 2. The van der Waals surface area contributed by atoms with Crippen LogP contribution in [0.3, 0.4) is 0 Å². The Balaban J connectivity index is 1.33. The molecule has 0 spiro atoms. The van der Waals surface area contributed by atoms with Gasteiger partial charge in [-0.3, -0.25) is 14.4 Å². The van der Waals surface area contributed by atoms with Crippen molar-refractivity contribution < 1.29 is 18.8 Å². The summed E-state index contributed by atoms with van der Waals surface area (Å²) in [6, 6.07) is 10.3. The predicted molar refractivity (Wildman–Crippen MR) is 128 cm³/mol. The van der Waals surface area contributed by atoms with E-state index in [1.807, 2.05) is 0 Å². The summed E-state index contributed by atoms with van der Waals surface area (Å²) < 4.78 is 13.3. The summed E-state index contributed by atoms with van der Waals surface area (Å²) >= 11 is 7.09. The van der Waals surface area contributed by atoms with E-state index in [1.165, 1.54) is 36.4 Å². The minimum Gasteiger partial charge on any atom is -0.351 e. The number of thioether (sulfide) groups is 1. The Kier molecular flexibility index (Phi) is 7.29. The highest BCUT2D eigenvalue weighted by Crippen LogP contribution is 2.29. The predicted octanol–water partition coefficient (Wildman–Crippen LogP) is 4.54. The van der Waals surface area contributed by atoms with Crippen molar-refractivity contribution in [2.24, 2.45) is 4.99 Å². The van der Waals surface area contributed by atoms with Gasteiger partial charge in [-0.05, 0) is 55.7 Å². The number of amidine groups is 1. The third kappa shape index (κ3) is 5.91. The summed E-state index contributed by atoms with van der Waals surface area (Å²) in [6.45, 7) is 1.77. The van der Waals surface area contributed by atoms with Gasteiger partial charge in [0.05, 0.1) is 5.02 Å². The van der Waals surface area contributed by atoms with E-state index < -0.39 is 17.0 Å². The summed E-state index contributed by atoms with van der Waals surface area (Å²) in [6.07, 6.45) is 3.34. The first-order chi connectivity index (χ1) is 15.9. The zero-order chi connectivity index (χ0) is 23.4. The summed E-state index contributed by atoms with van der Waals surface area (Å²) in [4.78, 5) is 43.6. The Bertz CT molecular complexity index is 1120. The summed E-state index contributed by atoms with van der Waals surface area (Å²) in [5, 5.41) is 5.44. The van der Waals surface area contributed by atoms with Crippen LogP contribution in [0.4, 0.5) is 15.8 Å². The van der Waals surface area contributed by atoms with Gasteiger partial charge in [-0.2, -0.15) is 4.99 Å². The number of benzene rings is 2. The molecule has 2 aliphatic heterocycles. The molecule has 0 aliphatic carbocycles. The highest BCUT2D eigenvalue weighted by atomic mass is 35.5. The highest BCUT2D eigenvalue weighted by Gasteiger charge is 2.33. The number of rotatable bonds is 5. The fraction of sp³-hybridized carbons (Fsp3) is 0.304. The molecule has 7 nitrogen and oxygen atoms in total. The maximum Gasteiger partial charge on any atom is 0.262 e. The number of hydrogen-bond donors (Lipinski definition) is 2. The molecule has 0 bridgehead atoms. The first kappa shape index (κ1) is 23.3. The van der Waals surface area contributed by atoms with Gasteiger partial charge in [0.1, 0.15) is 11.1 Å². The van der Waals surface area contributed by atoms with Crippen LogP contribution >= 0.6 is 23.4 Å². The van der Waals surface area contributed by atoms with Crippen LogP contribution < -0.4 is 10.6 Å². The summed E-state index contributed by atoms with van der Waals surface area (Å²) in [7, 11) is 0. The van der Waals surface area contributed by atoms with Crippen molar-refractivity contribution in [3.8, 4) is 0 Å². The number of amides is 3. The van der Waals surface area contributed by atoms with Gasteiger partial charge in [0.2, 0.25) is 5.91 Å². The number of hydrogen-bond acceptors (Lipinski definition) is 5. The fourth-order valence-corrected chi connectivity index (χ4v) is 4.92. The van der Waals surface area contributed by atoms with E-state index in [-0.39, 0.29) is 23.3 Å². The van der Waals surface area contributed by atoms with E-state index in [0.717, 1.165) is 32.0 Å². The SMILES string of the molecule is O=C(CC1SC(N2CCCCC2)=NC1=O)Nc1cccc(C(=O)Nc2ccc(F)c(Cl)c2)c1. The molecule has 2 aliphatic rings. The van der Waals surface area contributed by atoms with Gasteiger partial charge in [-0.15, -0.1) is 0 Å². The molecule has 2 heterocycles. The van der Waals surface area contributed by atoms with E-state index in [2.05, 4.69) is 20.5 Å². The quantitative estimate of drug-likeness (QED) is 0.644. The Morgan fingerprint density at radius 3 is 2.61 bits per heavy atom. The van der Waals surface area contributed by atoms with E-state index in [1.54, 1.807) is 18.2 Å². The molecule has 1 unspecified atom stereocenters. The van der Waals surface area contributed by atoms with E-state index in [9.17, 15) is 18.8 Å². The van der Waals surface area contributed by atoms with Crippen molar-refractivity contribution >= 4 is 57.6 Å². The number of carbonyl (C=O) groups excluding carboxylic acids is 3. The van der Waals surface area contributed by atoms with Gasteiger partial charge < -0.3 is 15.5 Å². The van der Waals surface area contributed by atoms with Crippen molar-refractivity contribution in [1.82, 2.24) is 4.90 Å². The number of anilines is 2. The van der Waals surface area contributed by atoms with Gasteiger partial charge in [0.25, 0.3) is 11.8 Å².